The van der Waals surface area contributed by atoms with E-state index in [0.717, 1.165) is 11.8 Å². The van der Waals surface area contributed by atoms with E-state index in [4.69, 9.17) is 4.74 Å². The number of nitrogens with one attached hydrogen (secondary N) is 1. The predicted molar refractivity (Wildman–Crippen MR) is 86.1 cm³/mol. The minimum absolute atomic E-state index is 0. The Hall–Kier alpha value is -0.730. The highest BCUT2D eigenvalue weighted by Gasteiger charge is 2.22. The maximum Gasteiger partial charge on any atom is 0.119 e. The van der Waals surface area contributed by atoms with Gasteiger partial charge in [0.2, 0.25) is 0 Å². The van der Waals surface area contributed by atoms with E-state index in [-0.39, 0.29) is 12.4 Å². The SMILES string of the molecule is COc1ccc2c(c1)CCC(NC1CCCCC1)C2.Cl. The summed E-state index contributed by atoms with van der Waals surface area (Å²) in [6, 6.07) is 8.03. The van der Waals surface area contributed by atoms with Crippen LogP contribution in [0.3, 0.4) is 0 Å². The zero-order chi connectivity index (χ0) is 13.1. The zero-order valence-corrected chi connectivity index (χ0v) is 13.2. The lowest BCUT2D eigenvalue weighted by molar-refractivity contribution is 0.320. The largest absolute Gasteiger partial charge is 0.497 e. The van der Waals surface area contributed by atoms with E-state index >= 15 is 0 Å². The van der Waals surface area contributed by atoms with E-state index in [1.54, 1.807) is 7.11 Å². The van der Waals surface area contributed by atoms with Crippen LogP contribution in [-0.4, -0.2) is 19.2 Å². The molecule has 0 radical (unpaired) electrons. The minimum atomic E-state index is 0. The highest BCUT2D eigenvalue weighted by molar-refractivity contribution is 5.85. The lowest BCUT2D eigenvalue weighted by atomic mass is 9.86. The average Bonchev–Trinajstić information content (AvgIpc) is 2.48. The molecule has 1 atom stereocenters. The lowest BCUT2D eigenvalue weighted by Gasteiger charge is -2.31. The second-order valence-electron chi connectivity index (χ2n) is 6.08. The van der Waals surface area contributed by atoms with Gasteiger partial charge in [-0.05, 0) is 55.4 Å². The molecule has 2 aliphatic rings. The van der Waals surface area contributed by atoms with Gasteiger partial charge in [-0.25, -0.2) is 0 Å². The maximum atomic E-state index is 5.31. The molecular weight excluding hydrogens is 270 g/mol. The summed E-state index contributed by atoms with van der Waals surface area (Å²) in [5.74, 6) is 0.998. The van der Waals surface area contributed by atoms with Crippen molar-refractivity contribution in [3.8, 4) is 5.75 Å². The first-order chi connectivity index (χ1) is 9.35. The van der Waals surface area contributed by atoms with Crippen molar-refractivity contribution in [1.82, 2.24) is 5.32 Å². The standard InChI is InChI=1S/C17H25NO.ClH/c1-19-17-10-8-13-11-16(9-7-14(13)12-17)18-15-5-3-2-4-6-15;/h8,10,12,15-16,18H,2-7,9,11H2,1H3;1H. The number of fused-ring (bicyclic) bond motifs is 1. The number of aryl methyl sites for hydroxylation is 1. The summed E-state index contributed by atoms with van der Waals surface area (Å²) in [4.78, 5) is 0. The third-order valence-corrected chi connectivity index (χ3v) is 4.72. The molecular formula is C17H26ClNO. The van der Waals surface area contributed by atoms with Crippen LogP contribution in [0.4, 0.5) is 0 Å². The van der Waals surface area contributed by atoms with Crippen molar-refractivity contribution in [2.24, 2.45) is 0 Å². The van der Waals surface area contributed by atoms with Crippen LogP contribution in [0, 0.1) is 0 Å². The lowest BCUT2D eigenvalue weighted by Crippen LogP contribution is -2.42. The van der Waals surface area contributed by atoms with Crippen LogP contribution in [0.1, 0.15) is 49.7 Å². The smallest absolute Gasteiger partial charge is 0.119 e. The monoisotopic (exact) mass is 295 g/mol. The van der Waals surface area contributed by atoms with Crippen LogP contribution in [0.5, 0.6) is 5.75 Å². The third-order valence-electron chi connectivity index (χ3n) is 4.72. The maximum absolute atomic E-state index is 5.31. The molecule has 1 saturated carbocycles. The van der Waals surface area contributed by atoms with Gasteiger partial charge in [0.25, 0.3) is 0 Å². The van der Waals surface area contributed by atoms with E-state index in [0.29, 0.717) is 6.04 Å². The molecule has 0 amide bonds. The number of ether oxygens (including phenoxy) is 1. The molecule has 1 N–H and O–H groups in total. The molecule has 0 bridgehead atoms. The first-order valence-corrected chi connectivity index (χ1v) is 7.77. The van der Waals surface area contributed by atoms with E-state index in [9.17, 15) is 0 Å². The van der Waals surface area contributed by atoms with Crippen molar-refractivity contribution < 1.29 is 4.74 Å². The molecule has 1 unspecified atom stereocenters. The van der Waals surface area contributed by atoms with Gasteiger partial charge in [-0.2, -0.15) is 0 Å². The van der Waals surface area contributed by atoms with Crippen LogP contribution in [-0.2, 0) is 12.8 Å². The van der Waals surface area contributed by atoms with E-state index in [1.807, 2.05) is 0 Å². The molecule has 1 aromatic rings. The van der Waals surface area contributed by atoms with Crippen LogP contribution in [0.15, 0.2) is 18.2 Å². The molecule has 2 aliphatic carbocycles. The van der Waals surface area contributed by atoms with E-state index < -0.39 is 0 Å². The van der Waals surface area contributed by atoms with E-state index in [2.05, 4.69) is 23.5 Å². The molecule has 1 fully saturated rings. The van der Waals surface area contributed by atoms with Crippen molar-refractivity contribution in [2.45, 2.75) is 63.5 Å². The summed E-state index contributed by atoms with van der Waals surface area (Å²) in [5, 5.41) is 3.90. The van der Waals surface area contributed by atoms with Gasteiger partial charge in [0.1, 0.15) is 5.75 Å². The van der Waals surface area contributed by atoms with Crippen molar-refractivity contribution >= 4 is 12.4 Å². The molecule has 0 saturated heterocycles. The Labute approximate surface area is 128 Å². The van der Waals surface area contributed by atoms with Crippen molar-refractivity contribution in [3.05, 3.63) is 29.3 Å². The number of halogens is 1. The van der Waals surface area contributed by atoms with E-state index in [1.165, 1.54) is 62.5 Å². The summed E-state index contributed by atoms with van der Waals surface area (Å²) in [7, 11) is 1.75. The molecule has 3 rings (SSSR count). The fourth-order valence-electron chi connectivity index (χ4n) is 3.60. The summed E-state index contributed by atoms with van der Waals surface area (Å²) in [5.41, 5.74) is 3.00. The molecule has 0 aliphatic heterocycles. The first-order valence-electron chi connectivity index (χ1n) is 7.77. The Morgan fingerprint density at radius 1 is 1.00 bits per heavy atom. The summed E-state index contributed by atoms with van der Waals surface area (Å²) in [6.45, 7) is 0. The highest BCUT2D eigenvalue weighted by Crippen LogP contribution is 2.27. The number of rotatable bonds is 3. The fourth-order valence-corrected chi connectivity index (χ4v) is 3.60. The van der Waals surface area contributed by atoms with Gasteiger partial charge in [-0.3, -0.25) is 0 Å². The topological polar surface area (TPSA) is 21.3 Å². The van der Waals surface area contributed by atoms with Gasteiger partial charge in [-0.15, -0.1) is 12.4 Å². The van der Waals surface area contributed by atoms with Crippen LogP contribution >= 0.6 is 12.4 Å². The van der Waals surface area contributed by atoms with Crippen molar-refractivity contribution in [1.29, 1.82) is 0 Å². The number of hydrogen-bond donors (Lipinski definition) is 1. The Bertz CT molecular complexity index is 429. The molecule has 3 heteroatoms. The summed E-state index contributed by atoms with van der Waals surface area (Å²) < 4.78 is 5.31. The van der Waals surface area contributed by atoms with Gasteiger partial charge < -0.3 is 10.1 Å². The van der Waals surface area contributed by atoms with Gasteiger partial charge in [0, 0.05) is 12.1 Å². The molecule has 0 aromatic heterocycles. The highest BCUT2D eigenvalue weighted by atomic mass is 35.5. The second-order valence-corrected chi connectivity index (χ2v) is 6.08. The van der Waals surface area contributed by atoms with Crippen molar-refractivity contribution in [3.63, 3.8) is 0 Å². The number of hydrogen-bond acceptors (Lipinski definition) is 2. The van der Waals surface area contributed by atoms with Gasteiger partial charge in [0.05, 0.1) is 7.11 Å². The molecule has 0 heterocycles. The Balaban J connectivity index is 0.00000147. The summed E-state index contributed by atoms with van der Waals surface area (Å²) >= 11 is 0. The third kappa shape index (κ3) is 3.67. The quantitative estimate of drug-likeness (QED) is 0.913. The molecule has 20 heavy (non-hydrogen) atoms. The molecule has 0 spiro atoms. The fraction of sp³-hybridized carbons (Fsp3) is 0.647. The Morgan fingerprint density at radius 3 is 2.55 bits per heavy atom. The number of methoxy groups -OCH3 is 1. The average molecular weight is 296 g/mol. The van der Waals surface area contributed by atoms with Crippen LogP contribution in [0.25, 0.3) is 0 Å². The minimum Gasteiger partial charge on any atom is -0.497 e. The van der Waals surface area contributed by atoms with Gasteiger partial charge in [-0.1, -0.05) is 25.3 Å². The first kappa shape index (κ1) is 15.7. The molecule has 1 aromatic carbocycles. The summed E-state index contributed by atoms with van der Waals surface area (Å²) in [6.07, 6.45) is 10.7. The molecule has 112 valence electrons. The second kappa shape index (κ2) is 7.33. The van der Waals surface area contributed by atoms with Crippen molar-refractivity contribution in [2.75, 3.05) is 7.11 Å². The van der Waals surface area contributed by atoms with Gasteiger partial charge >= 0.3 is 0 Å². The normalized spacial score (nSPS) is 22.8. The Kier molecular flexibility index (Phi) is 5.74. The molecule has 2 nitrogen and oxygen atoms in total. The number of benzene rings is 1. The zero-order valence-electron chi connectivity index (χ0n) is 12.4. The predicted octanol–water partition coefficient (Wildman–Crippen LogP) is 3.90. The van der Waals surface area contributed by atoms with Gasteiger partial charge in [0.15, 0.2) is 0 Å². The Morgan fingerprint density at radius 2 is 1.80 bits per heavy atom. The van der Waals surface area contributed by atoms with Crippen LogP contribution < -0.4 is 10.1 Å². The van der Waals surface area contributed by atoms with Crippen LogP contribution in [0.2, 0.25) is 0 Å².